The maximum Gasteiger partial charge on any atom is 0.164 e. The Kier molecular flexibility index (Phi) is 3.07. The number of fused-ring (bicyclic) bond motifs is 3. The van der Waals surface area contributed by atoms with Crippen molar-refractivity contribution in [1.82, 2.24) is 15.0 Å². The van der Waals surface area contributed by atoms with Gasteiger partial charge in [-0.2, -0.15) is 0 Å². The number of aromatic nitrogens is 3. The summed E-state index contributed by atoms with van der Waals surface area (Å²) in [4.78, 5) is 13.0. The molecule has 9 aromatic rings. The van der Waals surface area contributed by atoms with Crippen LogP contribution in [0.5, 0.6) is 0 Å². The van der Waals surface area contributed by atoms with E-state index in [9.17, 15) is 11.0 Å². The molecule has 0 aliphatic heterocycles. The molecule has 0 amide bonds. The molecule has 2 heterocycles. The molecule has 0 N–H and O–H groups in total. The molecule has 0 aliphatic carbocycles. The average Bonchev–Trinajstić information content (AvgIpc) is 4.01. The second-order valence-corrected chi connectivity index (χ2v) is 10.3. The second-order valence-electron chi connectivity index (χ2n) is 10.3. The highest BCUT2D eigenvalue weighted by Crippen LogP contribution is 2.39. The number of hydrogen-bond donors (Lipinski definition) is 0. The van der Waals surface area contributed by atoms with Crippen LogP contribution in [0.2, 0.25) is 0 Å². The molecule has 2 aromatic heterocycles. The smallest absolute Gasteiger partial charge is 0.164 e. The average molecular weight is 670 g/mol. The first kappa shape index (κ1) is 12.3. The molecule has 0 bridgehead atoms. The topological polar surface area (TPSA) is 51.8 Å². The van der Waals surface area contributed by atoms with Crippen molar-refractivity contribution in [3.63, 3.8) is 0 Å². The number of rotatable bonds is 6. The Morgan fingerprint density at radius 3 is 1.58 bits per heavy atom. The van der Waals surface area contributed by atoms with E-state index in [1.54, 1.807) is 0 Å². The van der Waals surface area contributed by atoms with Crippen LogP contribution in [-0.4, -0.2) is 15.0 Å². The highest BCUT2D eigenvalue weighted by atomic mass is 16.3. The molecule has 0 unspecified atom stereocenters. The lowest BCUT2D eigenvalue weighted by Gasteiger charge is -2.13. The fourth-order valence-electron chi connectivity index (χ4n) is 4.83. The van der Waals surface area contributed by atoms with Crippen LogP contribution in [0.25, 0.3) is 89.5 Å². The van der Waals surface area contributed by atoms with Crippen molar-refractivity contribution in [3.05, 3.63) is 175 Å². The van der Waals surface area contributed by atoms with E-state index < -0.39 is 259 Å². The number of para-hydroxylation sites is 2. The molecule has 4 heteroatoms. The summed E-state index contributed by atoms with van der Waals surface area (Å²) in [5.74, 6) is -2.68. The first-order valence-electron chi connectivity index (χ1n) is 28.5. The Balaban J connectivity index is 1.54. The third-order valence-corrected chi connectivity index (χ3v) is 7.12. The molecule has 9 rings (SSSR count). The molecule has 50 heavy (non-hydrogen) atoms. The first-order valence-corrected chi connectivity index (χ1v) is 14.5. The van der Waals surface area contributed by atoms with Crippen molar-refractivity contribution in [1.29, 1.82) is 0 Å². The van der Waals surface area contributed by atoms with Gasteiger partial charge in [-0.1, -0.05) is 151 Å². The van der Waals surface area contributed by atoms with Gasteiger partial charge < -0.3 is 4.42 Å². The van der Waals surface area contributed by atoms with Gasteiger partial charge in [-0.3, -0.25) is 0 Å². The van der Waals surface area contributed by atoms with E-state index >= 15 is 0 Å². The predicted octanol–water partition coefficient (Wildman–Crippen LogP) is 12.1. The summed E-state index contributed by atoms with van der Waals surface area (Å²) in [6.07, 6.45) is 0. The monoisotopic (exact) mass is 669 g/mol. The lowest BCUT2D eigenvalue weighted by atomic mass is 9.94. The molecule has 0 atom stereocenters. The minimum absolute atomic E-state index is 0.142. The maximum absolute atomic E-state index is 9.94. The number of nitrogens with zero attached hydrogens (tertiary/aromatic N) is 3. The standard InChI is InChI=1S/C46H31N3O/c1-30-19-21-35(22-20-30)45-47-44(34-13-6-3-7-14-34)48-46(49-45)38-28-36(33-25-23-32(24-26-33)31-11-4-2-5-12-31)27-37(29-38)39-16-10-17-41-40-15-8-9-18-42(40)50-43(39)41/h2-29H,1H3/i2D,3D,4D,5D,6D,7D,8D,9D,10D,11D,12D,13D,14D,15D,16D,17D,18D,19D,20D,21D,22D,23D,24D,25D,26D,27D,28D,29D. The SMILES string of the molecule is [2H]c1c([2H])c([2H])c(-c2nc(-c3c([2H])c([2H])c(C)c([2H])c3[2H])nc(-c3c([2H])c(-c4c([2H])c([2H])c(-c5c([2H])c([2H])c([2H])c([2H])c5[2H])c([2H])c4[2H])c([2H])c(-c4c([2H])c([2H])c([2H])c5c4oc4c([2H])c([2H])c([2H])c([2H])c45)c3[2H])n2)c([2H])c1[2H]. The van der Waals surface area contributed by atoms with Crippen molar-refractivity contribution >= 4 is 21.9 Å². The first-order chi connectivity index (χ1) is 36.3. The molecule has 0 aliphatic rings. The van der Waals surface area contributed by atoms with Crippen LogP contribution in [0.3, 0.4) is 0 Å². The van der Waals surface area contributed by atoms with E-state index in [1.807, 2.05) is 0 Å². The third kappa shape index (κ3) is 5.53. The number of benzene rings is 7. The maximum atomic E-state index is 9.94. The predicted molar refractivity (Wildman–Crippen MR) is 204 cm³/mol. The summed E-state index contributed by atoms with van der Waals surface area (Å²) < 4.78 is 254. The third-order valence-electron chi connectivity index (χ3n) is 7.12. The zero-order valence-electron chi connectivity index (χ0n) is 53.2. The molecule has 7 aromatic carbocycles. The normalized spacial score (nSPS) is 19.1. The summed E-state index contributed by atoms with van der Waals surface area (Å²) in [5, 5.41) is -1.01. The zero-order valence-corrected chi connectivity index (χ0v) is 25.2. The molecule has 0 saturated heterocycles. The van der Waals surface area contributed by atoms with Crippen LogP contribution in [0.15, 0.2) is 174 Å². The quantitative estimate of drug-likeness (QED) is 0.177. The minimum atomic E-state index is -1.15. The Bertz CT molecular complexity index is 4070. The molecule has 4 nitrogen and oxygen atoms in total. The van der Waals surface area contributed by atoms with Gasteiger partial charge in [0.25, 0.3) is 0 Å². The van der Waals surface area contributed by atoms with Gasteiger partial charge in [0.05, 0.1) is 38.4 Å². The van der Waals surface area contributed by atoms with Crippen LogP contribution < -0.4 is 0 Å². The summed E-state index contributed by atoms with van der Waals surface area (Å²) in [7, 11) is 0. The van der Waals surface area contributed by atoms with E-state index in [1.165, 1.54) is 6.92 Å². The fraction of sp³-hybridized carbons (Fsp3) is 0.0217. The van der Waals surface area contributed by atoms with E-state index in [2.05, 4.69) is 15.0 Å². The number of hydrogen-bond acceptors (Lipinski definition) is 4. The second kappa shape index (κ2) is 12.4. The molecular formula is C46H31N3O. The lowest BCUT2D eigenvalue weighted by molar-refractivity contribution is 0.670. The van der Waals surface area contributed by atoms with Gasteiger partial charge in [0.15, 0.2) is 17.5 Å². The van der Waals surface area contributed by atoms with Gasteiger partial charge in [-0.15, -0.1) is 0 Å². The van der Waals surface area contributed by atoms with Crippen molar-refractivity contribution in [2.45, 2.75) is 6.92 Å². The van der Waals surface area contributed by atoms with Gasteiger partial charge >= 0.3 is 0 Å². The van der Waals surface area contributed by atoms with Crippen molar-refractivity contribution in [3.8, 4) is 67.5 Å². The molecule has 0 spiro atoms. The van der Waals surface area contributed by atoms with E-state index in [0.29, 0.717) is 0 Å². The van der Waals surface area contributed by atoms with E-state index in [4.69, 9.17) is 31.8 Å². The summed E-state index contributed by atoms with van der Waals surface area (Å²) >= 11 is 0. The van der Waals surface area contributed by atoms with Gasteiger partial charge in [-0.25, -0.2) is 15.0 Å². The van der Waals surface area contributed by atoms with E-state index in [0.717, 1.165) is 0 Å². The Morgan fingerprint density at radius 1 is 0.400 bits per heavy atom. The summed E-state index contributed by atoms with van der Waals surface area (Å²) in [6.45, 7) is 1.27. The molecule has 0 fully saturated rings. The molecule has 0 radical (unpaired) electrons. The van der Waals surface area contributed by atoms with E-state index in [-0.39, 0.29) is 5.56 Å². The van der Waals surface area contributed by atoms with Gasteiger partial charge in [0, 0.05) is 33.0 Å². The fourth-order valence-corrected chi connectivity index (χ4v) is 4.83. The minimum Gasteiger partial charge on any atom is -0.455 e. The lowest BCUT2D eigenvalue weighted by Crippen LogP contribution is -2.00. The summed E-state index contributed by atoms with van der Waals surface area (Å²) in [6, 6.07) is -25.7. The van der Waals surface area contributed by atoms with Crippen LogP contribution >= 0.6 is 0 Å². The molecule has 0 saturated carbocycles. The van der Waals surface area contributed by atoms with Crippen molar-refractivity contribution in [2.24, 2.45) is 0 Å². The van der Waals surface area contributed by atoms with Gasteiger partial charge in [0.2, 0.25) is 0 Å². The van der Waals surface area contributed by atoms with Gasteiger partial charge in [-0.05, 0) is 58.9 Å². The van der Waals surface area contributed by atoms with Crippen LogP contribution in [0.1, 0.15) is 43.9 Å². The Hall–Kier alpha value is -6.65. The molecular weight excluding hydrogens is 611 g/mol. The highest BCUT2D eigenvalue weighted by Gasteiger charge is 2.17. The Morgan fingerprint density at radius 2 is 0.880 bits per heavy atom. The van der Waals surface area contributed by atoms with Crippen LogP contribution in [-0.2, 0) is 0 Å². The van der Waals surface area contributed by atoms with Crippen LogP contribution in [0.4, 0.5) is 0 Å². The highest BCUT2D eigenvalue weighted by molar-refractivity contribution is 6.09. The number of furan rings is 1. The van der Waals surface area contributed by atoms with Gasteiger partial charge in [0.1, 0.15) is 11.2 Å². The summed E-state index contributed by atoms with van der Waals surface area (Å²) in [5.41, 5.74) is -9.16. The zero-order chi connectivity index (χ0) is 57.8. The Labute approximate surface area is 329 Å². The van der Waals surface area contributed by atoms with Crippen molar-refractivity contribution < 1.29 is 42.8 Å². The molecule has 236 valence electrons. The van der Waals surface area contributed by atoms with Crippen molar-refractivity contribution in [2.75, 3.05) is 0 Å². The van der Waals surface area contributed by atoms with Crippen LogP contribution in [0, 0.1) is 6.92 Å². The largest absolute Gasteiger partial charge is 0.455 e.